The highest BCUT2D eigenvalue weighted by Gasteiger charge is 2.31. The van der Waals surface area contributed by atoms with Crippen LogP contribution in [0.15, 0.2) is 24.3 Å². The lowest BCUT2D eigenvalue weighted by atomic mass is 10.0. The zero-order valence-corrected chi connectivity index (χ0v) is 14.4. The third-order valence-electron chi connectivity index (χ3n) is 2.96. The molecule has 0 spiro atoms. The van der Waals surface area contributed by atoms with Crippen molar-refractivity contribution in [1.29, 1.82) is 0 Å². The van der Waals surface area contributed by atoms with Crippen LogP contribution in [0.3, 0.4) is 0 Å². The first-order valence-corrected chi connectivity index (χ1v) is 7.08. The van der Waals surface area contributed by atoms with Crippen molar-refractivity contribution < 1.29 is 32.2 Å². The quantitative estimate of drug-likeness (QED) is 0.705. The van der Waals surface area contributed by atoms with E-state index in [9.17, 15) is 22.8 Å². The first kappa shape index (κ1) is 23.0. The molecule has 1 aromatic rings. The number of carbonyl (C=O) groups excluding carboxylic acids is 2. The van der Waals surface area contributed by atoms with Crippen molar-refractivity contribution >= 4 is 24.3 Å². The SMILES string of the molecule is COC(=O)CC(NC(=O)CC(C)N)c1ccc(OC(F)(F)F)cc1.Cl. The maximum Gasteiger partial charge on any atom is 0.573 e. The topological polar surface area (TPSA) is 90.7 Å². The van der Waals surface area contributed by atoms with Gasteiger partial charge < -0.3 is 20.5 Å². The molecule has 2 atom stereocenters. The van der Waals surface area contributed by atoms with E-state index in [4.69, 9.17) is 5.73 Å². The molecule has 1 aromatic carbocycles. The minimum Gasteiger partial charge on any atom is -0.469 e. The molecule has 0 heterocycles. The Balaban J connectivity index is 0.00000576. The van der Waals surface area contributed by atoms with Crippen LogP contribution in [0.1, 0.15) is 31.4 Å². The minimum absolute atomic E-state index is 0. The van der Waals surface area contributed by atoms with Crippen molar-refractivity contribution in [2.75, 3.05) is 7.11 Å². The highest BCUT2D eigenvalue weighted by Crippen LogP contribution is 2.25. The molecule has 0 aliphatic heterocycles. The number of methoxy groups -OCH3 is 1. The number of ether oxygens (including phenoxy) is 2. The lowest BCUT2D eigenvalue weighted by Crippen LogP contribution is -2.34. The van der Waals surface area contributed by atoms with Gasteiger partial charge in [-0.05, 0) is 24.6 Å². The molecule has 0 aliphatic rings. The lowest BCUT2D eigenvalue weighted by Gasteiger charge is -2.19. The van der Waals surface area contributed by atoms with Crippen LogP contribution < -0.4 is 15.8 Å². The van der Waals surface area contributed by atoms with Crippen molar-refractivity contribution in [2.45, 2.75) is 38.2 Å². The molecular weight excluding hydrogens is 365 g/mol. The van der Waals surface area contributed by atoms with Crippen molar-refractivity contribution in [3.8, 4) is 5.75 Å². The third kappa shape index (κ3) is 9.16. The molecule has 0 aromatic heterocycles. The first-order valence-electron chi connectivity index (χ1n) is 7.08. The van der Waals surface area contributed by atoms with Gasteiger partial charge in [0, 0.05) is 12.5 Å². The summed E-state index contributed by atoms with van der Waals surface area (Å²) in [7, 11) is 1.20. The van der Waals surface area contributed by atoms with Gasteiger partial charge in [0.25, 0.3) is 0 Å². The predicted molar refractivity (Wildman–Crippen MR) is 86.2 cm³/mol. The molecule has 25 heavy (non-hydrogen) atoms. The highest BCUT2D eigenvalue weighted by molar-refractivity contribution is 5.85. The summed E-state index contributed by atoms with van der Waals surface area (Å²) >= 11 is 0. The molecule has 142 valence electrons. The van der Waals surface area contributed by atoms with E-state index >= 15 is 0 Å². The van der Waals surface area contributed by atoms with E-state index in [0.29, 0.717) is 5.56 Å². The number of hydrogen-bond donors (Lipinski definition) is 2. The summed E-state index contributed by atoms with van der Waals surface area (Å²) in [5.41, 5.74) is 5.98. The number of amides is 1. The van der Waals surface area contributed by atoms with Gasteiger partial charge in [-0.1, -0.05) is 12.1 Å². The van der Waals surface area contributed by atoms with Gasteiger partial charge in [-0.15, -0.1) is 25.6 Å². The number of hydrogen-bond acceptors (Lipinski definition) is 5. The van der Waals surface area contributed by atoms with Crippen LogP contribution in [0.5, 0.6) is 5.75 Å². The fourth-order valence-corrected chi connectivity index (χ4v) is 1.95. The molecule has 0 saturated carbocycles. The molecule has 2 unspecified atom stereocenters. The van der Waals surface area contributed by atoms with Crippen molar-refractivity contribution in [2.24, 2.45) is 5.73 Å². The second-order valence-electron chi connectivity index (χ2n) is 5.20. The highest BCUT2D eigenvalue weighted by atomic mass is 35.5. The largest absolute Gasteiger partial charge is 0.573 e. The van der Waals surface area contributed by atoms with E-state index in [1.165, 1.54) is 19.2 Å². The van der Waals surface area contributed by atoms with E-state index in [2.05, 4.69) is 14.8 Å². The van der Waals surface area contributed by atoms with Crippen LogP contribution in [0.2, 0.25) is 0 Å². The molecular formula is C15H20ClF3N2O4. The fraction of sp³-hybridized carbons (Fsp3) is 0.467. The second-order valence-corrected chi connectivity index (χ2v) is 5.20. The summed E-state index contributed by atoms with van der Waals surface area (Å²) in [5.74, 6) is -1.35. The van der Waals surface area contributed by atoms with Gasteiger partial charge in [0.1, 0.15) is 5.75 Å². The van der Waals surface area contributed by atoms with Crippen LogP contribution in [-0.2, 0) is 14.3 Å². The van der Waals surface area contributed by atoms with Crippen LogP contribution >= 0.6 is 12.4 Å². The molecule has 1 amide bonds. The maximum absolute atomic E-state index is 12.2. The number of alkyl halides is 3. The van der Waals surface area contributed by atoms with Gasteiger partial charge in [-0.2, -0.15) is 0 Å². The Bertz CT molecular complexity index is 565. The number of esters is 1. The second kappa shape index (κ2) is 10.1. The normalized spacial score (nSPS) is 13.2. The van der Waals surface area contributed by atoms with E-state index in [0.717, 1.165) is 12.1 Å². The summed E-state index contributed by atoms with van der Waals surface area (Å²) in [4.78, 5) is 23.3. The van der Waals surface area contributed by atoms with Crippen molar-refractivity contribution in [3.63, 3.8) is 0 Å². The number of nitrogens with two attached hydrogens (primary N) is 1. The van der Waals surface area contributed by atoms with E-state index in [-0.39, 0.29) is 37.2 Å². The number of nitrogens with one attached hydrogen (secondary N) is 1. The molecule has 10 heteroatoms. The van der Waals surface area contributed by atoms with Gasteiger partial charge in [-0.3, -0.25) is 9.59 Å². The number of rotatable bonds is 7. The van der Waals surface area contributed by atoms with E-state index in [1.807, 2.05) is 0 Å². The molecule has 3 N–H and O–H groups in total. The van der Waals surface area contributed by atoms with Crippen molar-refractivity contribution in [1.82, 2.24) is 5.32 Å². The van der Waals surface area contributed by atoms with Crippen LogP contribution in [0.4, 0.5) is 13.2 Å². The summed E-state index contributed by atoms with van der Waals surface area (Å²) in [5, 5.41) is 2.61. The molecule has 0 aliphatic carbocycles. The average Bonchev–Trinajstić information content (AvgIpc) is 2.44. The smallest absolute Gasteiger partial charge is 0.469 e. The van der Waals surface area contributed by atoms with Gasteiger partial charge >= 0.3 is 12.3 Å². The van der Waals surface area contributed by atoms with Crippen molar-refractivity contribution in [3.05, 3.63) is 29.8 Å². The number of benzene rings is 1. The van der Waals surface area contributed by atoms with Gasteiger partial charge in [0.05, 0.1) is 19.6 Å². The fourth-order valence-electron chi connectivity index (χ4n) is 1.95. The Morgan fingerprint density at radius 3 is 2.20 bits per heavy atom. The zero-order chi connectivity index (χ0) is 18.3. The third-order valence-corrected chi connectivity index (χ3v) is 2.96. The molecule has 0 radical (unpaired) electrons. The standard InChI is InChI=1S/C15H19F3N2O4.ClH/c1-9(19)7-13(21)20-12(8-14(22)23-2)10-3-5-11(6-4-10)24-15(16,17)18;/h3-6,9,12H,7-8,19H2,1-2H3,(H,20,21);1H. The number of carbonyl (C=O) groups is 2. The average molecular weight is 385 g/mol. The Morgan fingerprint density at radius 1 is 1.20 bits per heavy atom. The monoisotopic (exact) mass is 384 g/mol. The summed E-state index contributed by atoms with van der Waals surface area (Å²) in [6.45, 7) is 1.65. The van der Waals surface area contributed by atoms with Gasteiger partial charge in [0.15, 0.2) is 0 Å². The predicted octanol–water partition coefficient (Wildman–Crippen LogP) is 2.46. The summed E-state index contributed by atoms with van der Waals surface area (Å²) in [6.07, 6.45) is -4.91. The summed E-state index contributed by atoms with van der Waals surface area (Å²) in [6, 6.07) is 3.76. The van der Waals surface area contributed by atoms with E-state index in [1.54, 1.807) is 6.92 Å². The van der Waals surface area contributed by atoms with Crippen LogP contribution in [-0.4, -0.2) is 31.4 Å². The molecule has 0 saturated heterocycles. The Labute approximate surface area is 149 Å². The maximum atomic E-state index is 12.2. The zero-order valence-electron chi connectivity index (χ0n) is 13.6. The van der Waals surface area contributed by atoms with Crippen LogP contribution in [0.25, 0.3) is 0 Å². The summed E-state index contributed by atoms with van der Waals surface area (Å²) < 4.78 is 44.8. The molecule has 0 fully saturated rings. The van der Waals surface area contributed by atoms with Gasteiger partial charge in [0.2, 0.25) is 5.91 Å². The lowest BCUT2D eigenvalue weighted by molar-refractivity contribution is -0.274. The Hall–Kier alpha value is -2.00. The first-order chi connectivity index (χ1) is 11.1. The Morgan fingerprint density at radius 2 is 1.76 bits per heavy atom. The molecule has 6 nitrogen and oxygen atoms in total. The van der Waals surface area contributed by atoms with Crippen LogP contribution in [0, 0.1) is 0 Å². The van der Waals surface area contributed by atoms with Gasteiger partial charge in [-0.25, -0.2) is 0 Å². The minimum atomic E-state index is -4.79. The molecule has 0 bridgehead atoms. The Kier molecular flexibility index (Phi) is 9.29. The van der Waals surface area contributed by atoms with E-state index < -0.39 is 24.1 Å². The molecule has 1 rings (SSSR count). The number of halogens is 4.